The van der Waals surface area contributed by atoms with Crippen LogP contribution in [0, 0.1) is 11.3 Å². The number of likely N-dealkylation sites (tertiary alicyclic amines) is 1. The SMILES string of the molecule is O=C(NCc1cccnc1)[C@@H]1C[C@]12CCN(C(=O)NCc1ccccc1)C2. The van der Waals surface area contributed by atoms with Crippen molar-refractivity contribution >= 4 is 11.9 Å². The maximum Gasteiger partial charge on any atom is 0.317 e. The third-order valence-corrected chi connectivity index (χ3v) is 5.65. The smallest absolute Gasteiger partial charge is 0.317 e. The van der Waals surface area contributed by atoms with E-state index in [0.717, 1.165) is 24.0 Å². The summed E-state index contributed by atoms with van der Waals surface area (Å²) in [7, 11) is 0. The summed E-state index contributed by atoms with van der Waals surface area (Å²) in [5, 5.41) is 5.98. The van der Waals surface area contributed by atoms with Crippen LogP contribution in [0.3, 0.4) is 0 Å². The van der Waals surface area contributed by atoms with Crippen LogP contribution in [0.1, 0.15) is 24.0 Å². The number of benzene rings is 1. The molecule has 27 heavy (non-hydrogen) atoms. The average molecular weight is 364 g/mol. The van der Waals surface area contributed by atoms with E-state index in [-0.39, 0.29) is 23.3 Å². The average Bonchev–Trinajstić information content (AvgIpc) is 3.25. The van der Waals surface area contributed by atoms with Crippen LogP contribution in [0.5, 0.6) is 0 Å². The van der Waals surface area contributed by atoms with Gasteiger partial charge in [-0.2, -0.15) is 0 Å². The standard InChI is InChI=1S/C21H24N4O2/c26-19(23-14-17-7-4-9-22-12-17)18-11-21(18)8-10-25(15-21)20(27)24-13-16-5-2-1-3-6-16/h1-7,9,12,18H,8,10-11,13-15H2,(H,23,26)(H,24,27)/t18-,21-/m0/s1. The van der Waals surface area contributed by atoms with Crippen molar-refractivity contribution in [3.05, 3.63) is 66.0 Å². The van der Waals surface area contributed by atoms with Crippen molar-refractivity contribution in [2.75, 3.05) is 13.1 Å². The van der Waals surface area contributed by atoms with Gasteiger partial charge in [0, 0.05) is 49.9 Å². The molecule has 0 unspecified atom stereocenters. The molecule has 1 saturated heterocycles. The predicted molar refractivity (Wildman–Crippen MR) is 101 cm³/mol. The molecular formula is C21H24N4O2. The summed E-state index contributed by atoms with van der Waals surface area (Å²) in [6, 6.07) is 13.6. The molecular weight excluding hydrogens is 340 g/mol. The van der Waals surface area contributed by atoms with Gasteiger partial charge >= 0.3 is 6.03 Å². The zero-order valence-corrected chi connectivity index (χ0v) is 15.2. The molecule has 1 aliphatic heterocycles. The van der Waals surface area contributed by atoms with Gasteiger partial charge in [0.25, 0.3) is 0 Å². The second-order valence-electron chi connectivity index (χ2n) is 7.51. The summed E-state index contributed by atoms with van der Waals surface area (Å²) in [6.07, 6.45) is 5.25. The summed E-state index contributed by atoms with van der Waals surface area (Å²) in [5.74, 6) is 0.103. The van der Waals surface area contributed by atoms with Crippen molar-refractivity contribution in [3.63, 3.8) is 0 Å². The molecule has 2 heterocycles. The first kappa shape index (κ1) is 17.5. The van der Waals surface area contributed by atoms with E-state index >= 15 is 0 Å². The van der Waals surface area contributed by atoms with Crippen molar-refractivity contribution in [1.29, 1.82) is 0 Å². The molecule has 1 aromatic heterocycles. The largest absolute Gasteiger partial charge is 0.352 e. The number of carbonyl (C=O) groups is 2. The molecule has 3 amide bonds. The number of nitrogens with one attached hydrogen (secondary N) is 2. The lowest BCUT2D eigenvalue weighted by molar-refractivity contribution is -0.123. The van der Waals surface area contributed by atoms with Crippen LogP contribution in [-0.2, 0) is 17.9 Å². The Morgan fingerprint density at radius 2 is 1.85 bits per heavy atom. The lowest BCUT2D eigenvalue weighted by Gasteiger charge is -2.17. The van der Waals surface area contributed by atoms with Gasteiger partial charge in [0.05, 0.1) is 0 Å². The summed E-state index contributed by atoms with van der Waals surface area (Å²) >= 11 is 0. The fourth-order valence-electron chi connectivity index (χ4n) is 3.94. The Morgan fingerprint density at radius 1 is 1.07 bits per heavy atom. The molecule has 2 fully saturated rings. The van der Waals surface area contributed by atoms with Crippen molar-refractivity contribution in [1.82, 2.24) is 20.5 Å². The van der Waals surface area contributed by atoms with Crippen molar-refractivity contribution in [2.45, 2.75) is 25.9 Å². The molecule has 2 atom stereocenters. The molecule has 2 aromatic rings. The number of hydrogen-bond donors (Lipinski definition) is 2. The molecule has 1 aromatic carbocycles. The highest BCUT2D eigenvalue weighted by Gasteiger charge is 2.61. The third-order valence-electron chi connectivity index (χ3n) is 5.65. The van der Waals surface area contributed by atoms with Crippen LogP contribution in [0.4, 0.5) is 4.79 Å². The van der Waals surface area contributed by atoms with Crippen LogP contribution in [-0.4, -0.2) is 34.9 Å². The maximum atomic E-state index is 12.5. The second-order valence-corrected chi connectivity index (χ2v) is 7.51. The molecule has 0 bridgehead atoms. The summed E-state index contributed by atoms with van der Waals surface area (Å²) in [4.78, 5) is 30.8. The molecule has 140 valence electrons. The molecule has 4 rings (SSSR count). The van der Waals surface area contributed by atoms with E-state index in [4.69, 9.17) is 0 Å². The zero-order valence-electron chi connectivity index (χ0n) is 15.2. The lowest BCUT2D eigenvalue weighted by atomic mass is 10.0. The summed E-state index contributed by atoms with van der Waals surface area (Å²) < 4.78 is 0. The highest BCUT2D eigenvalue weighted by Crippen LogP contribution is 2.58. The number of rotatable bonds is 5. The number of pyridine rings is 1. The minimum absolute atomic E-state index is 0.0149. The van der Waals surface area contributed by atoms with E-state index in [2.05, 4.69) is 15.6 Å². The highest BCUT2D eigenvalue weighted by atomic mass is 16.2. The molecule has 2 N–H and O–H groups in total. The zero-order chi connectivity index (χ0) is 18.7. The predicted octanol–water partition coefficient (Wildman–Crippen LogP) is 2.32. The van der Waals surface area contributed by atoms with Gasteiger partial charge in [0.15, 0.2) is 0 Å². The number of nitrogens with zero attached hydrogens (tertiary/aromatic N) is 2. The van der Waals surface area contributed by atoms with E-state index in [0.29, 0.717) is 26.2 Å². The van der Waals surface area contributed by atoms with Crippen LogP contribution in [0.25, 0.3) is 0 Å². The Labute approximate surface area is 159 Å². The summed E-state index contributed by atoms with van der Waals surface area (Å²) in [6.45, 7) is 2.41. The molecule has 1 saturated carbocycles. The summed E-state index contributed by atoms with van der Waals surface area (Å²) in [5.41, 5.74) is 2.05. The number of hydrogen-bond acceptors (Lipinski definition) is 3. The third kappa shape index (κ3) is 3.94. The molecule has 0 radical (unpaired) electrons. The quantitative estimate of drug-likeness (QED) is 0.855. The molecule has 6 heteroatoms. The van der Waals surface area contributed by atoms with Crippen LogP contribution < -0.4 is 10.6 Å². The molecule has 6 nitrogen and oxygen atoms in total. The number of amides is 3. The number of carbonyl (C=O) groups excluding carboxylic acids is 2. The minimum Gasteiger partial charge on any atom is -0.352 e. The normalized spacial score (nSPS) is 23.3. The first-order chi connectivity index (χ1) is 13.2. The Kier molecular flexibility index (Phi) is 4.79. The lowest BCUT2D eigenvalue weighted by Crippen LogP contribution is -2.38. The fourth-order valence-corrected chi connectivity index (χ4v) is 3.94. The van der Waals surface area contributed by atoms with E-state index in [9.17, 15) is 9.59 Å². The van der Waals surface area contributed by atoms with Crippen molar-refractivity contribution in [2.24, 2.45) is 11.3 Å². The van der Waals surface area contributed by atoms with Gasteiger partial charge in [-0.1, -0.05) is 36.4 Å². The van der Waals surface area contributed by atoms with Gasteiger partial charge in [-0.25, -0.2) is 4.79 Å². The Hall–Kier alpha value is -2.89. The van der Waals surface area contributed by atoms with Crippen LogP contribution >= 0.6 is 0 Å². The van der Waals surface area contributed by atoms with Crippen LogP contribution in [0.15, 0.2) is 54.9 Å². The minimum atomic E-state index is -0.0443. The van der Waals surface area contributed by atoms with Gasteiger partial charge in [-0.3, -0.25) is 9.78 Å². The number of aromatic nitrogens is 1. The van der Waals surface area contributed by atoms with E-state index in [1.54, 1.807) is 12.4 Å². The number of urea groups is 1. The van der Waals surface area contributed by atoms with Gasteiger partial charge < -0.3 is 15.5 Å². The monoisotopic (exact) mass is 364 g/mol. The topological polar surface area (TPSA) is 74.3 Å². The first-order valence-electron chi connectivity index (χ1n) is 9.40. The Balaban J connectivity index is 1.24. The Morgan fingerprint density at radius 3 is 2.63 bits per heavy atom. The molecule has 1 aliphatic carbocycles. The van der Waals surface area contributed by atoms with E-state index in [1.807, 2.05) is 47.4 Å². The van der Waals surface area contributed by atoms with Crippen molar-refractivity contribution < 1.29 is 9.59 Å². The Bertz CT molecular complexity index is 756. The maximum absolute atomic E-state index is 12.5. The van der Waals surface area contributed by atoms with Crippen LogP contribution in [0.2, 0.25) is 0 Å². The van der Waals surface area contributed by atoms with Gasteiger partial charge in [0.1, 0.15) is 0 Å². The molecule has 2 aliphatic rings. The van der Waals surface area contributed by atoms with E-state index < -0.39 is 0 Å². The highest BCUT2D eigenvalue weighted by molar-refractivity contribution is 5.83. The first-order valence-corrected chi connectivity index (χ1v) is 9.40. The van der Waals surface area contributed by atoms with Gasteiger partial charge in [-0.05, 0) is 30.0 Å². The van der Waals surface area contributed by atoms with E-state index in [1.165, 1.54) is 0 Å². The fraction of sp³-hybridized carbons (Fsp3) is 0.381. The van der Waals surface area contributed by atoms with Gasteiger partial charge in [-0.15, -0.1) is 0 Å². The van der Waals surface area contributed by atoms with Gasteiger partial charge in [0.2, 0.25) is 5.91 Å². The second kappa shape index (κ2) is 7.39. The van der Waals surface area contributed by atoms with Crippen molar-refractivity contribution in [3.8, 4) is 0 Å². The molecule has 1 spiro atoms.